The summed E-state index contributed by atoms with van der Waals surface area (Å²) in [6.45, 7) is 4.10. The van der Waals surface area contributed by atoms with E-state index in [9.17, 15) is 9.18 Å². The van der Waals surface area contributed by atoms with Gasteiger partial charge >= 0.3 is 0 Å². The molecule has 2 saturated heterocycles. The molecule has 0 N–H and O–H groups in total. The van der Waals surface area contributed by atoms with E-state index >= 15 is 0 Å². The molecule has 2 aliphatic rings. The highest BCUT2D eigenvalue weighted by Gasteiger charge is 2.33. The van der Waals surface area contributed by atoms with Gasteiger partial charge in [-0.2, -0.15) is 0 Å². The van der Waals surface area contributed by atoms with Crippen LogP contribution < -0.4 is 0 Å². The van der Waals surface area contributed by atoms with Crippen LogP contribution in [0, 0.1) is 5.82 Å². The van der Waals surface area contributed by atoms with Gasteiger partial charge in [0.1, 0.15) is 5.82 Å². The Hall–Kier alpha value is -2.28. The molecule has 0 radical (unpaired) electrons. The first kappa shape index (κ1) is 15.3. The number of fused-ring (bicyclic) bond motifs is 1. The van der Waals surface area contributed by atoms with E-state index in [0.717, 1.165) is 31.7 Å². The van der Waals surface area contributed by atoms with E-state index < -0.39 is 0 Å². The van der Waals surface area contributed by atoms with Crippen molar-refractivity contribution in [1.29, 1.82) is 0 Å². The fourth-order valence-electron chi connectivity index (χ4n) is 3.59. The molecule has 2 aliphatic heterocycles. The number of hydrogen-bond acceptors (Lipinski definition) is 4. The van der Waals surface area contributed by atoms with E-state index in [1.165, 1.54) is 25.0 Å². The monoisotopic (exact) mass is 329 g/mol. The Morgan fingerprint density at radius 2 is 2.04 bits per heavy atom. The third kappa shape index (κ3) is 3.03. The minimum absolute atomic E-state index is 0.0492. The van der Waals surface area contributed by atoms with E-state index in [0.29, 0.717) is 18.3 Å². The van der Waals surface area contributed by atoms with Crippen molar-refractivity contribution in [3.63, 3.8) is 0 Å². The molecule has 0 saturated carbocycles. The molecule has 2 fully saturated rings. The first-order valence-electron chi connectivity index (χ1n) is 8.37. The molecule has 2 aromatic rings. The zero-order valence-electron chi connectivity index (χ0n) is 13.4. The highest BCUT2D eigenvalue weighted by molar-refractivity contribution is 5.92. The maximum Gasteiger partial charge on any atom is 0.276 e. The Morgan fingerprint density at radius 3 is 2.88 bits per heavy atom. The molecule has 0 aliphatic carbocycles. The predicted molar refractivity (Wildman–Crippen MR) is 86.0 cm³/mol. The molecule has 0 bridgehead atoms. The van der Waals surface area contributed by atoms with Gasteiger partial charge in [0.05, 0.1) is 12.7 Å². The van der Waals surface area contributed by atoms with Crippen molar-refractivity contribution in [2.45, 2.75) is 25.4 Å². The van der Waals surface area contributed by atoms with E-state index in [1.54, 1.807) is 23.0 Å². The molecule has 1 aromatic carbocycles. The Kier molecular flexibility index (Phi) is 4.02. The van der Waals surface area contributed by atoms with Crippen molar-refractivity contribution in [3.05, 3.63) is 47.5 Å². The van der Waals surface area contributed by atoms with Crippen LogP contribution in [0.4, 0.5) is 4.39 Å². The van der Waals surface area contributed by atoms with Crippen LogP contribution in [-0.4, -0.2) is 62.9 Å². The second-order valence-electron chi connectivity index (χ2n) is 6.51. The van der Waals surface area contributed by atoms with Crippen LogP contribution in [0.15, 0.2) is 30.5 Å². The summed E-state index contributed by atoms with van der Waals surface area (Å²) < 4.78 is 14.6. The maximum atomic E-state index is 12.9. The molecule has 1 amide bonds. The Balaban J connectivity index is 1.42. The number of halogens is 1. The fraction of sp³-hybridized carbons (Fsp3) is 0.471. The van der Waals surface area contributed by atoms with E-state index in [2.05, 4.69) is 15.2 Å². The third-order valence-electron chi connectivity index (χ3n) is 4.89. The van der Waals surface area contributed by atoms with Gasteiger partial charge in [0.2, 0.25) is 0 Å². The molecule has 6 nitrogen and oxygen atoms in total. The van der Waals surface area contributed by atoms with Crippen LogP contribution in [0.2, 0.25) is 0 Å². The molecule has 7 heteroatoms. The van der Waals surface area contributed by atoms with Gasteiger partial charge in [-0.1, -0.05) is 17.3 Å². The minimum Gasteiger partial charge on any atom is -0.334 e. The summed E-state index contributed by atoms with van der Waals surface area (Å²) in [6, 6.07) is 6.74. The van der Waals surface area contributed by atoms with Gasteiger partial charge < -0.3 is 4.90 Å². The normalized spacial score (nSPS) is 21.0. The molecule has 24 heavy (non-hydrogen) atoms. The zero-order valence-corrected chi connectivity index (χ0v) is 13.4. The molecular weight excluding hydrogens is 309 g/mol. The number of nitrogens with zero attached hydrogens (tertiary/aromatic N) is 5. The van der Waals surface area contributed by atoms with Crippen molar-refractivity contribution in [1.82, 2.24) is 24.8 Å². The number of carbonyl (C=O) groups excluding carboxylic acids is 1. The first-order chi connectivity index (χ1) is 11.7. The lowest BCUT2D eigenvalue weighted by Gasteiger charge is -2.37. The molecule has 4 rings (SSSR count). The van der Waals surface area contributed by atoms with Crippen LogP contribution in [0.25, 0.3) is 0 Å². The Morgan fingerprint density at radius 1 is 1.21 bits per heavy atom. The van der Waals surface area contributed by atoms with Gasteiger partial charge in [0.25, 0.3) is 5.91 Å². The molecular formula is C17H20FN5O. The Bertz CT molecular complexity index is 729. The maximum absolute atomic E-state index is 12.9. The number of rotatable bonds is 3. The summed E-state index contributed by atoms with van der Waals surface area (Å²) in [7, 11) is 0. The summed E-state index contributed by atoms with van der Waals surface area (Å²) in [4.78, 5) is 17.0. The van der Waals surface area contributed by atoms with Crippen molar-refractivity contribution in [2.24, 2.45) is 0 Å². The first-order valence-corrected chi connectivity index (χ1v) is 8.37. The summed E-state index contributed by atoms with van der Waals surface area (Å²) in [5.74, 6) is -0.314. The highest BCUT2D eigenvalue weighted by Crippen LogP contribution is 2.22. The second-order valence-corrected chi connectivity index (χ2v) is 6.51. The smallest absolute Gasteiger partial charge is 0.276 e. The van der Waals surface area contributed by atoms with Gasteiger partial charge in [0, 0.05) is 25.7 Å². The molecule has 3 heterocycles. The van der Waals surface area contributed by atoms with Crippen LogP contribution in [0.3, 0.4) is 0 Å². The number of hydrogen-bond donors (Lipinski definition) is 0. The largest absolute Gasteiger partial charge is 0.334 e. The van der Waals surface area contributed by atoms with E-state index in [-0.39, 0.29) is 11.7 Å². The van der Waals surface area contributed by atoms with Gasteiger partial charge in [-0.3, -0.25) is 9.69 Å². The van der Waals surface area contributed by atoms with Crippen LogP contribution >= 0.6 is 0 Å². The zero-order chi connectivity index (χ0) is 16.5. The molecule has 126 valence electrons. The standard InChI is InChI=1S/C17H20FN5O/c18-14-5-3-13(4-6-14)10-23-12-16(19-20-23)17(24)22-9-8-21-7-1-2-15(21)11-22/h3-6,12,15H,1-2,7-11H2. The quantitative estimate of drug-likeness (QED) is 0.854. The summed E-state index contributed by atoms with van der Waals surface area (Å²) >= 11 is 0. The summed E-state index contributed by atoms with van der Waals surface area (Å²) in [6.07, 6.45) is 4.06. The van der Waals surface area contributed by atoms with Crippen molar-refractivity contribution >= 4 is 5.91 Å². The average molecular weight is 329 g/mol. The van der Waals surface area contributed by atoms with Crippen molar-refractivity contribution in [2.75, 3.05) is 26.2 Å². The van der Waals surface area contributed by atoms with Crippen LogP contribution in [0.5, 0.6) is 0 Å². The lowest BCUT2D eigenvalue weighted by atomic mass is 10.1. The molecule has 1 unspecified atom stereocenters. The van der Waals surface area contributed by atoms with Gasteiger partial charge in [-0.25, -0.2) is 9.07 Å². The summed E-state index contributed by atoms with van der Waals surface area (Å²) in [5.41, 5.74) is 1.29. The lowest BCUT2D eigenvalue weighted by Crippen LogP contribution is -2.52. The number of carbonyl (C=O) groups is 1. The van der Waals surface area contributed by atoms with Crippen LogP contribution in [-0.2, 0) is 6.54 Å². The molecule has 1 atom stereocenters. The Labute approximate surface area is 139 Å². The number of benzene rings is 1. The SMILES string of the molecule is O=C(c1cn(Cc2ccc(F)cc2)nn1)N1CCN2CCCC2C1. The number of aromatic nitrogens is 3. The molecule has 1 aromatic heterocycles. The van der Waals surface area contributed by atoms with E-state index in [4.69, 9.17) is 0 Å². The minimum atomic E-state index is -0.265. The summed E-state index contributed by atoms with van der Waals surface area (Å²) in [5, 5.41) is 8.06. The number of amides is 1. The fourth-order valence-corrected chi connectivity index (χ4v) is 3.59. The predicted octanol–water partition coefficient (Wildman–Crippen LogP) is 1.39. The molecule has 0 spiro atoms. The van der Waals surface area contributed by atoms with Gasteiger partial charge in [-0.15, -0.1) is 5.10 Å². The lowest BCUT2D eigenvalue weighted by molar-refractivity contribution is 0.0565. The highest BCUT2D eigenvalue weighted by atomic mass is 19.1. The van der Waals surface area contributed by atoms with E-state index in [1.807, 2.05) is 4.90 Å². The van der Waals surface area contributed by atoms with Crippen molar-refractivity contribution < 1.29 is 9.18 Å². The van der Waals surface area contributed by atoms with Crippen LogP contribution in [0.1, 0.15) is 28.9 Å². The topological polar surface area (TPSA) is 54.3 Å². The second kappa shape index (κ2) is 6.32. The van der Waals surface area contributed by atoms with Crippen molar-refractivity contribution in [3.8, 4) is 0 Å². The average Bonchev–Trinajstić information content (AvgIpc) is 3.24. The number of piperazine rings is 1. The van der Waals surface area contributed by atoms with Gasteiger partial charge in [-0.05, 0) is 37.1 Å². The van der Waals surface area contributed by atoms with Gasteiger partial charge in [0.15, 0.2) is 5.69 Å². The third-order valence-corrected chi connectivity index (χ3v) is 4.89.